The first-order valence-corrected chi connectivity index (χ1v) is 13.1. The Balaban J connectivity index is 1.61. The Kier molecular flexibility index (Phi) is 8.35. The number of ketones is 1. The Morgan fingerprint density at radius 1 is 1.13 bits per heavy atom. The van der Waals surface area contributed by atoms with E-state index in [-0.39, 0.29) is 29.6 Å². The molecule has 3 atom stereocenters. The number of carbonyl (C=O) groups excluding carboxylic acids is 5. The lowest BCUT2D eigenvalue weighted by Gasteiger charge is -2.29. The highest BCUT2D eigenvalue weighted by atomic mass is 32.1. The van der Waals surface area contributed by atoms with Gasteiger partial charge in [-0.15, -0.1) is 11.3 Å². The number of aromatic nitrogens is 1. The number of hydrogen-bond acceptors (Lipinski definition) is 8. The smallest absolute Gasteiger partial charge is 0.325 e. The molecule has 202 valence electrons. The van der Waals surface area contributed by atoms with Gasteiger partial charge in [0, 0.05) is 17.7 Å². The molecular weight excluding hydrogens is 522 g/mol. The molecule has 4 N–H and O–H groups in total. The summed E-state index contributed by atoms with van der Waals surface area (Å²) in [6.07, 6.45) is 0.271. The van der Waals surface area contributed by atoms with Crippen LogP contribution < -0.4 is 21.1 Å². The zero-order valence-electron chi connectivity index (χ0n) is 21.2. The van der Waals surface area contributed by atoms with Gasteiger partial charge in [-0.25, -0.2) is 14.7 Å². The minimum atomic E-state index is -1.21. The number of urea groups is 1. The van der Waals surface area contributed by atoms with E-state index < -0.39 is 41.8 Å². The van der Waals surface area contributed by atoms with Gasteiger partial charge in [-0.2, -0.15) is 0 Å². The van der Waals surface area contributed by atoms with Crippen molar-refractivity contribution in [3.8, 4) is 5.75 Å². The van der Waals surface area contributed by atoms with E-state index in [2.05, 4.69) is 15.6 Å². The predicted octanol–water partition coefficient (Wildman–Crippen LogP) is 3.00. The topological polar surface area (TPSA) is 161 Å². The van der Waals surface area contributed by atoms with E-state index in [9.17, 15) is 24.0 Å². The summed E-state index contributed by atoms with van der Waals surface area (Å²) in [5, 5.41) is 7.09. The summed E-state index contributed by atoms with van der Waals surface area (Å²) < 4.78 is 5.25. The fourth-order valence-electron chi connectivity index (χ4n) is 4.22. The number of Topliss-reactive ketones (excluding diaryl/α,β-unsaturated/α-hetero) is 1. The maximum atomic E-state index is 13.6. The van der Waals surface area contributed by atoms with Crippen molar-refractivity contribution in [2.75, 3.05) is 11.9 Å². The van der Waals surface area contributed by atoms with Gasteiger partial charge in [0.25, 0.3) is 11.8 Å². The number of nitrogens with zero attached hydrogens (tertiary/aromatic N) is 2. The van der Waals surface area contributed by atoms with E-state index in [4.69, 9.17) is 10.5 Å². The van der Waals surface area contributed by atoms with E-state index in [0.29, 0.717) is 11.3 Å². The molecule has 0 bridgehead atoms. The summed E-state index contributed by atoms with van der Waals surface area (Å²) >= 11 is 1.09. The highest BCUT2D eigenvalue weighted by Gasteiger charge is 2.47. The largest absolute Gasteiger partial charge is 0.484 e. The SMILES string of the molecule is CCC(=O)c1csc(NC(=O)[C@H]([C@@H](C)c2ccccc2)N2C(=O)N[C@H](c3ccc(OCC(N)=O)cc3)C2=O)n1. The number of rotatable bonds is 11. The molecule has 0 aliphatic carbocycles. The standard InChI is InChI=1S/C27H27N5O6S/c1-3-20(33)19-14-39-26(29-19)31-24(35)23(15(2)16-7-5-4-6-8-16)32-25(36)22(30-27(32)37)17-9-11-18(12-10-17)38-13-21(28)34/h4-12,14-15,22-23H,3,13H2,1-2H3,(H2,28,34)(H,30,37)(H,29,31,35)/t15-,22+,23-/m0/s1. The van der Waals surface area contributed by atoms with Gasteiger partial charge in [-0.1, -0.05) is 56.3 Å². The zero-order chi connectivity index (χ0) is 28.1. The molecule has 0 unspecified atom stereocenters. The lowest BCUT2D eigenvalue weighted by atomic mass is 9.91. The molecule has 2 aromatic carbocycles. The van der Waals surface area contributed by atoms with Crippen LogP contribution in [0.15, 0.2) is 60.0 Å². The van der Waals surface area contributed by atoms with Gasteiger partial charge >= 0.3 is 6.03 Å². The number of carbonyl (C=O) groups is 5. The Bertz CT molecular complexity index is 1390. The molecule has 0 spiro atoms. The summed E-state index contributed by atoms with van der Waals surface area (Å²) in [6, 6.07) is 12.4. The summed E-state index contributed by atoms with van der Waals surface area (Å²) in [5.41, 5.74) is 6.55. The second-order valence-corrected chi connectivity index (χ2v) is 9.72. The Hall–Kier alpha value is -4.58. The highest BCUT2D eigenvalue weighted by Crippen LogP contribution is 2.32. The number of ether oxygens (including phenoxy) is 1. The van der Waals surface area contributed by atoms with E-state index >= 15 is 0 Å². The molecule has 2 heterocycles. The van der Waals surface area contributed by atoms with Gasteiger partial charge < -0.3 is 21.1 Å². The summed E-state index contributed by atoms with van der Waals surface area (Å²) in [4.78, 5) is 68.4. The fraction of sp³-hybridized carbons (Fsp3) is 0.259. The van der Waals surface area contributed by atoms with E-state index in [0.717, 1.165) is 21.8 Å². The van der Waals surface area contributed by atoms with Crippen LogP contribution in [0.2, 0.25) is 0 Å². The van der Waals surface area contributed by atoms with Crippen molar-refractivity contribution in [2.24, 2.45) is 5.73 Å². The molecule has 0 saturated carbocycles. The summed E-state index contributed by atoms with van der Waals surface area (Å²) in [7, 11) is 0. The predicted molar refractivity (Wildman–Crippen MR) is 143 cm³/mol. The molecular formula is C27H27N5O6S. The Morgan fingerprint density at radius 3 is 2.46 bits per heavy atom. The number of amides is 5. The van der Waals surface area contributed by atoms with Crippen LogP contribution in [0.5, 0.6) is 5.75 Å². The third-order valence-electron chi connectivity index (χ3n) is 6.25. The van der Waals surface area contributed by atoms with Crippen molar-refractivity contribution in [3.63, 3.8) is 0 Å². The fourth-order valence-corrected chi connectivity index (χ4v) is 4.94. The first-order chi connectivity index (χ1) is 18.7. The van der Waals surface area contributed by atoms with Crippen LogP contribution in [0.1, 0.15) is 53.8 Å². The van der Waals surface area contributed by atoms with Gasteiger partial charge in [0.1, 0.15) is 23.5 Å². The monoisotopic (exact) mass is 549 g/mol. The van der Waals surface area contributed by atoms with E-state index in [1.807, 2.05) is 18.2 Å². The maximum absolute atomic E-state index is 13.6. The Morgan fingerprint density at radius 2 is 1.82 bits per heavy atom. The molecule has 3 aromatic rings. The molecule has 5 amide bonds. The number of benzene rings is 2. The van der Waals surface area contributed by atoms with Crippen LogP contribution in [0.25, 0.3) is 0 Å². The third-order valence-corrected chi connectivity index (χ3v) is 7.01. The van der Waals surface area contributed by atoms with Gasteiger partial charge in [-0.3, -0.25) is 19.2 Å². The van der Waals surface area contributed by atoms with Gasteiger partial charge in [0.15, 0.2) is 17.5 Å². The molecule has 1 saturated heterocycles. The first-order valence-electron chi connectivity index (χ1n) is 12.2. The quantitative estimate of drug-likeness (QED) is 0.245. The molecule has 0 radical (unpaired) electrons. The lowest BCUT2D eigenvalue weighted by Crippen LogP contribution is -2.50. The van der Waals surface area contributed by atoms with Crippen molar-refractivity contribution in [3.05, 3.63) is 76.8 Å². The minimum Gasteiger partial charge on any atom is -0.484 e. The maximum Gasteiger partial charge on any atom is 0.325 e. The van der Waals surface area contributed by atoms with Crippen molar-refractivity contribution in [1.82, 2.24) is 15.2 Å². The zero-order valence-corrected chi connectivity index (χ0v) is 22.1. The molecule has 11 nitrogen and oxygen atoms in total. The number of nitrogens with two attached hydrogens (primary N) is 1. The number of hydrogen-bond donors (Lipinski definition) is 3. The molecule has 1 fully saturated rings. The molecule has 1 aliphatic rings. The van der Waals surface area contributed by atoms with Crippen LogP contribution in [0.3, 0.4) is 0 Å². The number of thiazole rings is 1. The van der Waals surface area contributed by atoms with Crippen LogP contribution >= 0.6 is 11.3 Å². The average Bonchev–Trinajstić information content (AvgIpc) is 3.52. The molecule has 4 rings (SSSR count). The normalized spacial score (nSPS) is 16.4. The summed E-state index contributed by atoms with van der Waals surface area (Å²) in [5.74, 6) is -2.21. The molecule has 39 heavy (non-hydrogen) atoms. The van der Waals surface area contributed by atoms with Gasteiger partial charge in [0.2, 0.25) is 5.91 Å². The van der Waals surface area contributed by atoms with Crippen LogP contribution in [0.4, 0.5) is 9.93 Å². The first kappa shape index (κ1) is 27.5. The molecule has 1 aliphatic heterocycles. The van der Waals surface area contributed by atoms with Crippen molar-refractivity contribution in [2.45, 2.75) is 38.3 Å². The second-order valence-electron chi connectivity index (χ2n) is 8.86. The van der Waals surface area contributed by atoms with Gasteiger partial charge in [0.05, 0.1) is 0 Å². The number of primary amides is 1. The van der Waals surface area contributed by atoms with Crippen LogP contribution in [-0.4, -0.2) is 52.1 Å². The van der Waals surface area contributed by atoms with E-state index in [1.54, 1.807) is 55.6 Å². The minimum absolute atomic E-state index is 0.163. The van der Waals surface area contributed by atoms with Gasteiger partial charge in [-0.05, 0) is 23.3 Å². The lowest BCUT2D eigenvalue weighted by molar-refractivity contribution is -0.134. The molecule has 1 aromatic heterocycles. The van der Waals surface area contributed by atoms with Crippen molar-refractivity contribution >= 4 is 46.0 Å². The van der Waals surface area contributed by atoms with E-state index in [1.165, 1.54) is 0 Å². The Labute approximate surface area is 228 Å². The van der Waals surface area contributed by atoms with Crippen LogP contribution in [0, 0.1) is 0 Å². The number of anilines is 1. The number of imide groups is 1. The summed E-state index contributed by atoms with van der Waals surface area (Å²) in [6.45, 7) is 3.17. The van der Waals surface area contributed by atoms with Crippen molar-refractivity contribution < 1.29 is 28.7 Å². The number of nitrogens with one attached hydrogen (secondary N) is 2. The van der Waals surface area contributed by atoms with Crippen LogP contribution in [-0.2, 0) is 14.4 Å². The molecule has 12 heteroatoms. The van der Waals surface area contributed by atoms with Crippen molar-refractivity contribution in [1.29, 1.82) is 0 Å². The highest BCUT2D eigenvalue weighted by molar-refractivity contribution is 7.14. The average molecular weight is 550 g/mol. The second kappa shape index (κ2) is 11.9. The third kappa shape index (κ3) is 6.12.